The Morgan fingerprint density at radius 2 is 1.69 bits per heavy atom. The van der Waals surface area contributed by atoms with Crippen molar-refractivity contribution < 1.29 is 23.0 Å². The van der Waals surface area contributed by atoms with Gasteiger partial charge in [-0.1, -0.05) is 0 Å². The van der Waals surface area contributed by atoms with E-state index in [1.54, 1.807) is 11.8 Å². The molecule has 2 aromatic carbocycles. The number of thioether (sulfide) groups is 1. The zero-order valence-corrected chi connectivity index (χ0v) is 15.3. The summed E-state index contributed by atoms with van der Waals surface area (Å²) in [4.78, 5) is 11.8. The molecule has 0 saturated carbocycles. The topological polar surface area (TPSA) is 47.6 Å². The molecule has 7 heteroatoms. The smallest absolute Gasteiger partial charge is 0.225 e. The van der Waals surface area contributed by atoms with Gasteiger partial charge in [-0.15, -0.1) is 0 Å². The largest absolute Gasteiger partial charge is 0.494 e. The molecule has 0 aliphatic rings. The summed E-state index contributed by atoms with van der Waals surface area (Å²) < 4.78 is 36.9. The predicted molar refractivity (Wildman–Crippen MR) is 100 cm³/mol. The number of benzene rings is 2. The average molecular weight is 381 g/mol. The minimum absolute atomic E-state index is 0.240. The quantitative estimate of drug-likeness (QED) is 0.616. The number of halogens is 2. The zero-order chi connectivity index (χ0) is 18.8. The van der Waals surface area contributed by atoms with Gasteiger partial charge in [0.05, 0.1) is 13.2 Å². The molecule has 0 spiro atoms. The van der Waals surface area contributed by atoms with E-state index >= 15 is 0 Å². The van der Waals surface area contributed by atoms with Crippen LogP contribution in [0.1, 0.15) is 13.3 Å². The molecule has 0 saturated heterocycles. The van der Waals surface area contributed by atoms with Crippen LogP contribution in [0.25, 0.3) is 0 Å². The van der Waals surface area contributed by atoms with Crippen LogP contribution in [0.2, 0.25) is 0 Å². The molecule has 0 unspecified atom stereocenters. The molecule has 0 bridgehead atoms. The molecule has 0 heterocycles. The SMILES string of the molecule is CCOc1ccc(OCCSCCC(=O)Nc2ccc(F)c(F)c2)cc1. The number of nitrogens with one attached hydrogen (secondary N) is 1. The summed E-state index contributed by atoms with van der Waals surface area (Å²) in [6.45, 7) is 3.09. The molecule has 0 fully saturated rings. The first-order chi connectivity index (χ1) is 12.6. The fraction of sp³-hybridized carbons (Fsp3) is 0.316. The monoisotopic (exact) mass is 381 g/mol. The van der Waals surface area contributed by atoms with Crippen LogP contribution in [0.5, 0.6) is 11.5 Å². The minimum Gasteiger partial charge on any atom is -0.494 e. The Balaban J connectivity index is 1.58. The second kappa shape index (κ2) is 10.7. The first-order valence-corrected chi connectivity index (χ1v) is 9.42. The number of rotatable bonds is 10. The number of amides is 1. The van der Waals surface area contributed by atoms with Crippen LogP contribution in [0.4, 0.5) is 14.5 Å². The molecule has 0 aliphatic heterocycles. The fourth-order valence-electron chi connectivity index (χ4n) is 2.08. The normalized spacial score (nSPS) is 10.4. The molecule has 2 rings (SSSR count). The molecule has 1 amide bonds. The maximum absolute atomic E-state index is 13.1. The van der Waals surface area contributed by atoms with Gasteiger partial charge in [0.25, 0.3) is 0 Å². The van der Waals surface area contributed by atoms with Gasteiger partial charge in [0, 0.05) is 29.7 Å². The first kappa shape index (κ1) is 20.0. The third-order valence-corrected chi connectivity index (χ3v) is 4.26. The second-order valence-corrected chi connectivity index (χ2v) is 6.52. The van der Waals surface area contributed by atoms with Crippen molar-refractivity contribution in [1.82, 2.24) is 0 Å². The third-order valence-electron chi connectivity index (χ3n) is 3.31. The van der Waals surface area contributed by atoms with Crippen LogP contribution in [0.15, 0.2) is 42.5 Å². The van der Waals surface area contributed by atoms with Crippen molar-refractivity contribution in [2.24, 2.45) is 0 Å². The standard InChI is InChI=1S/C19H21F2NO3S/c1-2-24-15-4-6-16(7-5-15)25-10-12-26-11-9-19(23)22-14-3-8-17(20)18(21)13-14/h3-8,13H,2,9-12H2,1H3,(H,22,23). The Hall–Kier alpha value is -2.28. The van der Waals surface area contributed by atoms with Crippen molar-refractivity contribution in [2.75, 3.05) is 30.0 Å². The number of carbonyl (C=O) groups excluding carboxylic acids is 1. The predicted octanol–water partition coefficient (Wildman–Crippen LogP) is 4.50. The number of anilines is 1. The van der Waals surface area contributed by atoms with Crippen LogP contribution in [-0.4, -0.2) is 30.6 Å². The van der Waals surface area contributed by atoms with E-state index in [-0.39, 0.29) is 18.0 Å². The fourth-order valence-corrected chi connectivity index (χ4v) is 2.82. The second-order valence-electron chi connectivity index (χ2n) is 5.29. The lowest BCUT2D eigenvalue weighted by Gasteiger charge is -2.08. The minimum atomic E-state index is -0.983. The van der Waals surface area contributed by atoms with Crippen molar-refractivity contribution in [1.29, 1.82) is 0 Å². The summed E-state index contributed by atoms with van der Waals surface area (Å²) in [6.07, 6.45) is 0.284. The molecule has 26 heavy (non-hydrogen) atoms. The summed E-state index contributed by atoms with van der Waals surface area (Å²) in [7, 11) is 0. The van der Waals surface area contributed by atoms with E-state index in [0.29, 0.717) is 19.0 Å². The van der Waals surface area contributed by atoms with Crippen molar-refractivity contribution in [3.63, 3.8) is 0 Å². The molecule has 0 radical (unpaired) electrons. The van der Waals surface area contributed by atoms with Crippen molar-refractivity contribution in [3.05, 3.63) is 54.1 Å². The molecule has 0 atom stereocenters. The molecule has 140 valence electrons. The molecule has 0 aromatic heterocycles. The summed E-state index contributed by atoms with van der Waals surface area (Å²) in [5.41, 5.74) is 0.248. The molecular weight excluding hydrogens is 360 g/mol. The van der Waals surface area contributed by atoms with Gasteiger partial charge in [0.1, 0.15) is 11.5 Å². The molecule has 0 aliphatic carbocycles. The Labute approximate surface area is 155 Å². The van der Waals surface area contributed by atoms with E-state index in [4.69, 9.17) is 9.47 Å². The van der Waals surface area contributed by atoms with Gasteiger partial charge in [-0.2, -0.15) is 11.8 Å². The third kappa shape index (κ3) is 6.92. The van der Waals surface area contributed by atoms with Gasteiger partial charge in [0.15, 0.2) is 11.6 Å². The van der Waals surface area contributed by atoms with Gasteiger partial charge in [0.2, 0.25) is 5.91 Å². The van der Waals surface area contributed by atoms with Crippen LogP contribution in [0.3, 0.4) is 0 Å². The van der Waals surface area contributed by atoms with Gasteiger partial charge >= 0.3 is 0 Å². The summed E-state index contributed by atoms with van der Waals surface area (Å²) >= 11 is 1.58. The lowest BCUT2D eigenvalue weighted by molar-refractivity contribution is -0.115. The number of hydrogen-bond acceptors (Lipinski definition) is 4. The van der Waals surface area contributed by atoms with Crippen LogP contribution in [-0.2, 0) is 4.79 Å². The Morgan fingerprint density at radius 3 is 2.35 bits per heavy atom. The van der Waals surface area contributed by atoms with Crippen LogP contribution in [0, 0.1) is 11.6 Å². The average Bonchev–Trinajstić information content (AvgIpc) is 2.63. The van der Waals surface area contributed by atoms with Crippen molar-refractivity contribution in [3.8, 4) is 11.5 Å². The van der Waals surface area contributed by atoms with Crippen LogP contribution < -0.4 is 14.8 Å². The van der Waals surface area contributed by atoms with Crippen molar-refractivity contribution >= 4 is 23.4 Å². The van der Waals surface area contributed by atoms with Gasteiger partial charge < -0.3 is 14.8 Å². The molecule has 1 N–H and O–H groups in total. The highest BCUT2D eigenvalue weighted by molar-refractivity contribution is 7.99. The Morgan fingerprint density at radius 1 is 1.00 bits per heavy atom. The lowest BCUT2D eigenvalue weighted by atomic mass is 10.3. The highest BCUT2D eigenvalue weighted by Crippen LogP contribution is 2.18. The van der Waals surface area contributed by atoms with Gasteiger partial charge in [-0.3, -0.25) is 4.79 Å². The highest BCUT2D eigenvalue weighted by atomic mass is 32.2. The van der Waals surface area contributed by atoms with Gasteiger partial charge in [-0.25, -0.2) is 8.78 Å². The van der Waals surface area contributed by atoms with Crippen molar-refractivity contribution in [2.45, 2.75) is 13.3 Å². The Kier molecular flexibility index (Phi) is 8.21. The van der Waals surface area contributed by atoms with E-state index < -0.39 is 11.6 Å². The highest BCUT2D eigenvalue weighted by Gasteiger charge is 2.06. The first-order valence-electron chi connectivity index (χ1n) is 8.27. The molecular formula is C19H21F2NO3S. The molecule has 2 aromatic rings. The summed E-state index contributed by atoms with van der Waals surface area (Å²) in [5.74, 6) is 0.769. The maximum Gasteiger partial charge on any atom is 0.225 e. The van der Waals surface area contributed by atoms with E-state index in [1.807, 2.05) is 31.2 Å². The van der Waals surface area contributed by atoms with E-state index in [0.717, 1.165) is 29.4 Å². The van der Waals surface area contributed by atoms with Gasteiger partial charge in [-0.05, 0) is 43.3 Å². The maximum atomic E-state index is 13.1. The lowest BCUT2D eigenvalue weighted by Crippen LogP contribution is -2.13. The number of ether oxygens (including phenoxy) is 2. The Bertz CT molecular complexity index is 710. The van der Waals surface area contributed by atoms with Crippen LogP contribution >= 0.6 is 11.8 Å². The molecule has 4 nitrogen and oxygen atoms in total. The van der Waals surface area contributed by atoms with E-state index in [2.05, 4.69) is 5.32 Å². The number of carbonyl (C=O) groups is 1. The summed E-state index contributed by atoms with van der Waals surface area (Å²) in [5, 5.41) is 2.54. The van der Waals surface area contributed by atoms with E-state index in [9.17, 15) is 13.6 Å². The number of hydrogen-bond donors (Lipinski definition) is 1. The zero-order valence-electron chi connectivity index (χ0n) is 14.5. The van der Waals surface area contributed by atoms with E-state index in [1.165, 1.54) is 6.07 Å². The summed E-state index contributed by atoms with van der Waals surface area (Å²) in [6, 6.07) is 10.7.